The first-order valence-electron chi connectivity index (χ1n) is 15.0. The van der Waals surface area contributed by atoms with Gasteiger partial charge in [0.1, 0.15) is 5.92 Å². The summed E-state index contributed by atoms with van der Waals surface area (Å²) in [6, 6.07) is 0. The van der Waals surface area contributed by atoms with E-state index in [0.717, 1.165) is 28.7 Å². The minimum absolute atomic E-state index is 0. The average molecular weight is 646 g/mol. The Balaban J connectivity index is 0.00000417. The number of aliphatic carboxylic acids is 1. The van der Waals surface area contributed by atoms with E-state index in [1.54, 1.807) is 18.2 Å². The second kappa shape index (κ2) is 13.0. The summed E-state index contributed by atoms with van der Waals surface area (Å²) in [5.41, 5.74) is 8.71. The number of fused-ring (bicyclic) bond motifs is 5. The molecule has 0 spiro atoms. The Labute approximate surface area is 309 Å². The number of Topliss-reactive ketones (excluding diaryl/α,β-unsaturated/α-hetero) is 1. The molecule has 11 heteroatoms. The van der Waals surface area contributed by atoms with Crippen LogP contribution in [-0.4, -0.2) is 53.4 Å². The Morgan fingerprint density at radius 3 is 2.43 bits per heavy atom. The van der Waals surface area contributed by atoms with Crippen LogP contribution in [0.5, 0.6) is 0 Å². The Morgan fingerprint density at radius 2 is 1.80 bits per heavy atom. The zero-order chi connectivity index (χ0) is 32.3. The van der Waals surface area contributed by atoms with E-state index < -0.39 is 23.8 Å². The van der Waals surface area contributed by atoms with E-state index in [1.807, 2.05) is 33.8 Å². The maximum absolute atomic E-state index is 14.0. The third-order valence-corrected chi connectivity index (χ3v) is 9.60. The third-order valence-electron chi connectivity index (χ3n) is 9.60. The fraction of sp³-hybridized carbons (Fsp3) is 0.343. The van der Waals surface area contributed by atoms with E-state index in [9.17, 15) is 24.3 Å². The summed E-state index contributed by atoms with van der Waals surface area (Å²) in [6.07, 6.45) is 8.76. The summed E-state index contributed by atoms with van der Waals surface area (Å²) in [7, 11) is 1.25. The van der Waals surface area contributed by atoms with Crippen LogP contribution in [0.25, 0.3) is 0 Å². The van der Waals surface area contributed by atoms with Crippen LogP contribution in [0.2, 0.25) is 0 Å². The zero-order valence-electron chi connectivity index (χ0n) is 26.9. The number of carboxylic acids is 1. The van der Waals surface area contributed by atoms with Crippen LogP contribution in [0, 0.1) is 23.7 Å². The molecule has 230 valence electrons. The van der Waals surface area contributed by atoms with Gasteiger partial charge in [0.15, 0.2) is 12.1 Å². The van der Waals surface area contributed by atoms with Gasteiger partial charge in [-0.05, 0) is 61.6 Å². The zero-order valence-corrected chi connectivity index (χ0v) is 30.0. The number of rotatable bonds is 7. The predicted molar refractivity (Wildman–Crippen MR) is 169 cm³/mol. The Morgan fingerprint density at radius 1 is 1.09 bits per heavy atom. The molecule has 0 amide bonds. The van der Waals surface area contributed by atoms with Gasteiger partial charge in [0.05, 0.1) is 47.3 Å². The molecule has 0 radical (unpaired) electrons. The molecule has 2 N–H and O–H groups in total. The van der Waals surface area contributed by atoms with Crippen molar-refractivity contribution in [2.75, 3.05) is 7.11 Å². The third kappa shape index (κ3) is 5.31. The number of nitrogens with zero attached hydrogens (tertiary/aromatic N) is 3. The van der Waals surface area contributed by atoms with Gasteiger partial charge >= 0.3 is 63.3 Å². The van der Waals surface area contributed by atoms with Crippen LogP contribution in [0.4, 0.5) is 0 Å². The van der Waals surface area contributed by atoms with Gasteiger partial charge in [0.2, 0.25) is 0 Å². The van der Waals surface area contributed by atoms with Crippen LogP contribution in [0.1, 0.15) is 47.0 Å². The van der Waals surface area contributed by atoms with Crippen LogP contribution in [0.15, 0.2) is 108 Å². The van der Waals surface area contributed by atoms with E-state index in [2.05, 4.69) is 11.9 Å². The number of hydrogen-bond acceptors (Lipinski definition) is 9. The Bertz CT molecular complexity index is 1840. The molecular formula is C35H34KN4O6+. The van der Waals surface area contributed by atoms with Crippen molar-refractivity contribution in [2.24, 2.45) is 38.6 Å². The molecule has 0 aromatic carbocycles. The Kier molecular flexibility index (Phi) is 9.63. The number of carbonyl (C=O) groups excluding carboxylic acids is 3. The van der Waals surface area contributed by atoms with Gasteiger partial charge in [-0.1, -0.05) is 26.5 Å². The van der Waals surface area contributed by atoms with Crippen molar-refractivity contribution in [3.63, 3.8) is 0 Å². The average Bonchev–Trinajstić information content (AvgIpc) is 3.76. The molecule has 8 bridgehead atoms. The van der Waals surface area contributed by atoms with Crippen LogP contribution >= 0.6 is 0 Å². The number of methoxy groups -OCH3 is 1. The predicted octanol–water partition coefficient (Wildman–Crippen LogP) is 1.66. The first kappa shape index (κ1) is 34.0. The summed E-state index contributed by atoms with van der Waals surface area (Å²) < 4.78 is 5.12. The van der Waals surface area contributed by atoms with Crippen LogP contribution in [-0.2, 0) is 23.9 Å². The quantitative estimate of drug-likeness (QED) is 0.185. The van der Waals surface area contributed by atoms with Crippen molar-refractivity contribution in [1.29, 1.82) is 0 Å². The number of aliphatic imine (C=N–C) groups is 3. The van der Waals surface area contributed by atoms with Gasteiger partial charge in [-0.2, -0.15) is 0 Å². The fourth-order valence-corrected chi connectivity index (χ4v) is 7.19. The molecule has 6 aliphatic rings. The van der Waals surface area contributed by atoms with Gasteiger partial charge in [-0.25, -0.2) is 9.98 Å². The van der Waals surface area contributed by atoms with Crippen LogP contribution < -0.4 is 56.7 Å². The van der Waals surface area contributed by atoms with Crippen LogP contribution in [0.3, 0.4) is 0 Å². The maximum atomic E-state index is 14.0. The van der Waals surface area contributed by atoms with Gasteiger partial charge in [-0.3, -0.25) is 24.2 Å². The first-order chi connectivity index (χ1) is 21.5. The SMILES string of the molecule is C=CC1=C(C)C2=NC1=CC1=NC(=CC3=C(C)C4C(=O)[C@H](C(=O)OC)C(=C5NC(=C2)[C@@H](C)[C@@H]5CCC(=O)O)C4=N3)C(CC)=C1C=O.[K+]. The topological polar surface area (TPSA) is 147 Å². The number of aldehydes is 1. The molecule has 4 atom stereocenters. The molecule has 1 saturated carbocycles. The molecule has 1 saturated heterocycles. The number of carboxylic acid groups (broad SMARTS) is 1. The monoisotopic (exact) mass is 645 g/mol. The summed E-state index contributed by atoms with van der Waals surface area (Å²) in [4.78, 5) is 66.0. The number of esters is 1. The minimum atomic E-state index is -1.21. The molecular weight excluding hydrogens is 612 g/mol. The molecule has 6 rings (SSSR count). The number of carbonyl (C=O) groups is 4. The summed E-state index contributed by atoms with van der Waals surface area (Å²) in [5.74, 6) is -4.47. The summed E-state index contributed by atoms with van der Waals surface area (Å²) >= 11 is 0. The number of nitrogens with one attached hydrogen (secondary N) is 1. The normalized spacial score (nSPS) is 26.2. The summed E-state index contributed by atoms with van der Waals surface area (Å²) in [6.45, 7) is 11.7. The van der Waals surface area contributed by atoms with Crippen molar-refractivity contribution < 1.29 is 80.4 Å². The Hall–Kier alpha value is -3.35. The first-order valence-corrected chi connectivity index (χ1v) is 15.0. The molecule has 1 aliphatic carbocycles. The molecule has 0 aromatic rings. The van der Waals surface area contributed by atoms with E-state index in [0.29, 0.717) is 63.1 Å². The molecule has 46 heavy (non-hydrogen) atoms. The summed E-state index contributed by atoms with van der Waals surface area (Å²) in [5, 5.41) is 13.1. The molecule has 2 fully saturated rings. The molecule has 5 aliphatic heterocycles. The number of allylic oxidation sites excluding steroid dienone is 10. The van der Waals surface area contributed by atoms with Crippen molar-refractivity contribution in [3.8, 4) is 0 Å². The second-order valence-corrected chi connectivity index (χ2v) is 11.9. The number of ether oxygens (including phenoxy) is 1. The molecule has 1 unspecified atom stereocenters. The number of hydrogen-bond donors (Lipinski definition) is 2. The molecule has 5 heterocycles. The van der Waals surface area contributed by atoms with Gasteiger partial charge in [-0.15, -0.1) is 0 Å². The van der Waals surface area contributed by atoms with E-state index in [1.165, 1.54) is 7.11 Å². The van der Waals surface area contributed by atoms with E-state index in [-0.39, 0.29) is 81.8 Å². The van der Waals surface area contributed by atoms with Crippen molar-refractivity contribution in [2.45, 2.75) is 47.0 Å². The van der Waals surface area contributed by atoms with Gasteiger partial charge in [0, 0.05) is 46.4 Å². The van der Waals surface area contributed by atoms with Crippen molar-refractivity contribution in [3.05, 3.63) is 92.8 Å². The second-order valence-electron chi connectivity index (χ2n) is 11.9. The fourth-order valence-electron chi connectivity index (χ4n) is 7.19. The van der Waals surface area contributed by atoms with Crippen molar-refractivity contribution in [1.82, 2.24) is 5.32 Å². The van der Waals surface area contributed by atoms with Gasteiger partial charge in [0.25, 0.3) is 0 Å². The molecule has 10 nitrogen and oxygen atoms in total. The number of ketones is 1. The van der Waals surface area contributed by atoms with E-state index >= 15 is 0 Å². The van der Waals surface area contributed by atoms with E-state index in [4.69, 9.17) is 19.7 Å². The standard InChI is InChI=1S/C35H34N4O6.K/c1-7-18-15(3)22-11-23-16(4)20(9-10-28(41)42)32(38-23)30-31(35(44)45-6)34(43)29-17(5)24(39-33(29)30)12-26-19(8-2)21(14-40)27(37-26)13-25(18)36-22;/h7,11-14,16,20,29,31,38H,1,8-10H2,2-6H3,(H,41,42);/q;+1/t16-,20-,29?,31+;/m0./s1. The van der Waals surface area contributed by atoms with Gasteiger partial charge < -0.3 is 15.2 Å². The van der Waals surface area contributed by atoms with Crippen molar-refractivity contribution >= 4 is 41.1 Å². The minimum Gasteiger partial charge on any atom is -0.481 e. The largest absolute Gasteiger partial charge is 1.00 e. The molecule has 0 aromatic heterocycles. The maximum Gasteiger partial charge on any atom is 1.00 e. The smallest absolute Gasteiger partial charge is 0.481 e.